The van der Waals surface area contributed by atoms with E-state index < -0.39 is 5.54 Å². The van der Waals surface area contributed by atoms with E-state index in [-0.39, 0.29) is 0 Å². The average Bonchev–Trinajstić information content (AvgIpc) is 2.97. The Morgan fingerprint density at radius 1 is 1.33 bits per heavy atom. The van der Waals surface area contributed by atoms with Gasteiger partial charge in [0, 0.05) is 5.56 Å². The first-order chi connectivity index (χ1) is 10.2. The standard InChI is InChI=1S/C15H16ClNO4/c1-19-13-10(15(17-9-18)4-2-3-5-15)8-11-14(12(13)16)21-7-6-20-11/h8H,2-7H2,1H3. The third-order valence-corrected chi connectivity index (χ3v) is 4.47. The SMILES string of the molecule is COc1c(C2(N=C=O)CCCC2)cc2c(c1Cl)OCCO2. The lowest BCUT2D eigenvalue weighted by Gasteiger charge is -2.29. The molecular formula is C15H16ClNO4. The summed E-state index contributed by atoms with van der Waals surface area (Å²) in [5, 5.41) is 0.372. The Balaban J connectivity index is 2.21. The summed E-state index contributed by atoms with van der Waals surface area (Å²) in [7, 11) is 1.55. The quantitative estimate of drug-likeness (QED) is 0.635. The van der Waals surface area contributed by atoms with Gasteiger partial charge in [-0.25, -0.2) is 4.79 Å². The third-order valence-electron chi connectivity index (χ3n) is 4.13. The number of benzene rings is 1. The van der Waals surface area contributed by atoms with Gasteiger partial charge in [-0.2, -0.15) is 4.99 Å². The molecule has 0 amide bonds. The summed E-state index contributed by atoms with van der Waals surface area (Å²) in [5.74, 6) is 1.57. The number of rotatable bonds is 3. The second-order valence-corrected chi connectivity index (χ2v) is 5.62. The maximum atomic E-state index is 10.9. The van der Waals surface area contributed by atoms with E-state index in [1.807, 2.05) is 6.07 Å². The van der Waals surface area contributed by atoms with Crippen molar-refractivity contribution < 1.29 is 19.0 Å². The van der Waals surface area contributed by atoms with Crippen molar-refractivity contribution >= 4 is 17.7 Å². The number of aliphatic imine (C=N–C) groups is 1. The molecule has 1 aliphatic heterocycles. The Kier molecular flexibility index (Phi) is 3.79. The molecule has 0 radical (unpaired) electrons. The number of methoxy groups -OCH3 is 1. The largest absolute Gasteiger partial charge is 0.495 e. The summed E-state index contributed by atoms with van der Waals surface area (Å²) in [6.45, 7) is 0.923. The van der Waals surface area contributed by atoms with Crippen molar-refractivity contribution in [1.29, 1.82) is 0 Å². The summed E-state index contributed by atoms with van der Waals surface area (Å²) in [6, 6.07) is 1.84. The molecule has 5 nitrogen and oxygen atoms in total. The number of isocyanates is 1. The van der Waals surface area contributed by atoms with Crippen molar-refractivity contribution in [1.82, 2.24) is 0 Å². The fraction of sp³-hybridized carbons (Fsp3) is 0.533. The summed E-state index contributed by atoms with van der Waals surface area (Å²) < 4.78 is 16.7. The van der Waals surface area contributed by atoms with E-state index >= 15 is 0 Å². The monoisotopic (exact) mass is 309 g/mol. The highest BCUT2D eigenvalue weighted by Gasteiger charge is 2.40. The molecule has 0 bridgehead atoms. The molecule has 0 spiro atoms. The van der Waals surface area contributed by atoms with Crippen LogP contribution in [0.5, 0.6) is 17.2 Å². The van der Waals surface area contributed by atoms with E-state index in [1.54, 1.807) is 13.2 Å². The molecule has 1 saturated carbocycles. The van der Waals surface area contributed by atoms with Crippen LogP contribution in [0.1, 0.15) is 31.2 Å². The summed E-state index contributed by atoms with van der Waals surface area (Å²) >= 11 is 6.40. The number of hydrogen-bond donors (Lipinski definition) is 0. The van der Waals surface area contributed by atoms with E-state index in [0.29, 0.717) is 35.5 Å². The minimum atomic E-state index is -0.618. The number of halogens is 1. The number of ether oxygens (including phenoxy) is 3. The highest BCUT2D eigenvalue weighted by atomic mass is 35.5. The first-order valence-corrected chi connectivity index (χ1v) is 7.35. The van der Waals surface area contributed by atoms with Gasteiger partial charge in [-0.3, -0.25) is 0 Å². The lowest BCUT2D eigenvalue weighted by Crippen LogP contribution is -2.22. The van der Waals surface area contributed by atoms with Gasteiger partial charge in [-0.15, -0.1) is 0 Å². The molecule has 2 aliphatic rings. The maximum absolute atomic E-state index is 10.9. The average molecular weight is 310 g/mol. The normalized spacial score (nSPS) is 19.0. The number of fused-ring (bicyclic) bond motifs is 1. The van der Waals surface area contributed by atoms with Crippen LogP contribution in [0, 0.1) is 0 Å². The molecule has 0 aromatic heterocycles. The molecule has 1 aromatic rings. The van der Waals surface area contributed by atoms with E-state index in [9.17, 15) is 4.79 Å². The highest BCUT2D eigenvalue weighted by molar-refractivity contribution is 6.34. The van der Waals surface area contributed by atoms with Gasteiger partial charge in [0.2, 0.25) is 6.08 Å². The van der Waals surface area contributed by atoms with Crippen LogP contribution in [0.25, 0.3) is 0 Å². The van der Waals surface area contributed by atoms with Crippen LogP contribution in [0.4, 0.5) is 0 Å². The second-order valence-electron chi connectivity index (χ2n) is 5.24. The zero-order valence-electron chi connectivity index (χ0n) is 11.8. The lowest BCUT2D eigenvalue weighted by atomic mass is 9.87. The van der Waals surface area contributed by atoms with Crippen LogP contribution in [-0.2, 0) is 10.3 Å². The molecule has 0 atom stereocenters. The van der Waals surface area contributed by atoms with Crippen molar-refractivity contribution in [3.8, 4) is 17.2 Å². The zero-order valence-corrected chi connectivity index (χ0v) is 12.5. The van der Waals surface area contributed by atoms with E-state index in [2.05, 4.69) is 4.99 Å². The molecule has 1 aromatic carbocycles. The second kappa shape index (κ2) is 5.58. The zero-order chi connectivity index (χ0) is 14.9. The van der Waals surface area contributed by atoms with Gasteiger partial charge in [0.05, 0.1) is 7.11 Å². The molecular weight excluding hydrogens is 294 g/mol. The van der Waals surface area contributed by atoms with Crippen molar-refractivity contribution in [2.45, 2.75) is 31.2 Å². The van der Waals surface area contributed by atoms with Gasteiger partial charge in [0.25, 0.3) is 0 Å². The van der Waals surface area contributed by atoms with Crippen molar-refractivity contribution in [2.24, 2.45) is 4.99 Å². The van der Waals surface area contributed by atoms with Gasteiger partial charge < -0.3 is 14.2 Å². The molecule has 1 fully saturated rings. The number of carbonyl (C=O) groups excluding carboxylic acids is 1. The molecule has 6 heteroatoms. The van der Waals surface area contributed by atoms with Crippen molar-refractivity contribution in [3.05, 3.63) is 16.7 Å². The Morgan fingerprint density at radius 3 is 2.71 bits per heavy atom. The Bertz CT molecular complexity index is 604. The van der Waals surface area contributed by atoms with Gasteiger partial charge >= 0.3 is 0 Å². The minimum Gasteiger partial charge on any atom is -0.495 e. The van der Waals surface area contributed by atoms with Crippen LogP contribution in [0.3, 0.4) is 0 Å². The van der Waals surface area contributed by atoms with Crippen LogP contribution in [-0.4, -0.2) is 26.4 Å². The molecule has 1 heterocycles. The number of nitrogens with zero attached hydrogens (tertiary/aromatic N) is 1. The van der Waals surface area contributed by atoms with Gasteiger partial charge in [-0.05, 0) is 18.9 Å². The predicted molar refractivity (Wildman–Crippen MR) is 77.3 cm³/mol. The predicted octanol–water partition coefficient (Wildman–Crippen LogP) is 3.22. The van der Waals surface area contributed by atoms with Crippen LogP contribution < -0.4 is 14.2 Å². The minimum absolute atomic E-state index is 0.372. The third kappa shape index (κ3) is 2.27. The molecule has 0 unspecified atom stereocenters. The van der Waals surface area contributed by atoms with Gasteiger partial charge in [0.15, 0.2) is 11.5 Å². The number of hydrogen-bond acceptors (Lipinski definition) is 5. The fourth-order valence-electron chi connectivity index (χ4n) is 3.16. The molecule has 1 aliphatic carbocycles. The molecule has 112 valence electrons. The smallest absolute Gasteiger partial charge is 0.235 e. The first-order valence-electron chi connectivity index (χ1n) is 6.97. The molecule has 0 saturated heterocycles. The van der Waals surface area contributed by atoms with E-state index in [4.69, 9.17) is 25.8 Å². The van der Waals surface area contributed by atoms with Crippen LogP contribution in [0.2, 0.25) is 5.02 Å². The fourth-order valence-corrected chi connectivity index (χ4v) is 3.49. The van der Waals surface area contributed by atoms with Gasteiger partial charge in [0.1, 0.15) is 29.5 Å². The highest BCUT2D eigenvalue weighted by Crippen LogP contribution is 2.53. The van der Waals surface area contributed by atoms with Crippen molar-refractivity contribution in [3.63, 3.8) is 0 Å². The summed E-state index contributed by atoms with van der Waals surface area (Å²) in [6.07, 6.45) is 5.25. The van der Waals surface area contributed by atoms with E-state index in [0.717, 1.165) is 31.2 Å². The molecule has 21 heavy (non-hydrogen) atoms. The molecule has 3 rings (SSSR count). The van der Waals surface area contributed by atoms with Crippen LogP contribution in [0.15, 0.2) is 11.1 Å². The maximum Gasteiger partial charge on any atom is 0.235 e. The Morgan fingerprint density at radius 2 is 2.05 bits per heavy atom. The Hall–Kier alpha value is -1.71. The van der Waals surface area contributed by atoms with E-state index in [1.165, 1.54) is 0 Å². The molecule has 0 N–H and O–H groups in total. The van der Waals surface area contributed by atoms with Gasteiger partial charge in [-0.1, -0.05) is 24.4 Å². The Labute approximate surface area is 127 Å². The van der Waals surface area contributed by atoms with Crippen molar-refractivity contribution in [2.75, 3.05) is 20.3 Å². The first kappa shape index (κ1) is 14.2. The summed E-state index contributed by atoms with van der Waals surface area (Å²) in [5.41, 5.74) is 0.159. The lowest BCUT2D eigenvalue weighted by molar-refractivity contribution is 0.170. The van der Waals surface area contributed by atoms with Crippen LogP contribution >= 0.6 is 11.6 Å². The topological polar surface area (TPSA) is 57.1 Å². The summed E-state index contributed by atoms with van der Waals surface area (Å²) in [4.78, 5) is 15.0.